The van der Waals surface area contributed by atoms with Gasteiger partial charge in [-0.2, -0.15) is 0 Å². The molecule has 3 heteroatoms. The van der Waals surface area contributed by atoms with E-state index >= 15 is 0 Å². The Morgan fingerprint density at radius 3 is 2.93 bits per heavy atom. The normalized spacial score (nSPS) is 10.8. The number of nitrogens with zero attached hydrogens (tertiary/aromatic N) is 2. The maximum absolute atomic E-state index is 11.1. The van der Waals surface area contributed by atoms with Crippen LogP contribution in [0.5, 0.6) is 0 Å². The SMILES string of the molecule is CCc1ncc2cccc(CC(C)=O)n12. The highest BCUT2D eigenvalue weighted by atomic mass is 16.1. The van der Waals surface area contributed by atoms with E-state index in [0.717, 1.165) is 23.5 Å². The van der Waals surface area contributed by atoms with Crippen molar-refractivity contribution < 1.29 is 4.79 Å². The van der Waals surface area contributed by atoms with E-state index in [1.807, 2.05) is 24.4 Å². The van der Waals surface area contributed by atoms with Crippen LogP contribution in [-0.2, 0) is 17.6 Å². The number of Topliss-reactive ketones (excluding diaryl/α,β-unsaturated/α-hetero) is 1. The van der Waals surface area contributed by atoms with E-state index in [4.69, 9.17) is 0 Å². The highest BCUT2D eigenvalue weighted by molar-refractivity contribution is 5.78. The summed E-state index contributed by atoms with van der Waals surface area (Å²) >= 11 is 0. The highest BCUT2D eigenvalue weighted by Crippen LogP contribution is 2.12. The first-order valence-corrected chi connectivity index (χ1v) is 5.16. The topological polar surface area (TPSA) is 34.4 Å². The number of aromatic nitrogens is 2. The van der Waals surface area contributed by atoms with Gasteiger partial charge in [-0.3, -0.25) is 4.79 Å². The van der Waals surface area contributed by atoms with Gasteiger partial charge in [-0.1, -0.05) is 13.0 Å². The van der Waals surface area contributed by atoms with Crippen LogP contribution in [0, 0.1) is 0 Å². The zero-order chi connectivity index (χ0) is 10.8. The molecule has 0 saturated heterocycles. The lowest BCUT2D eigenvalue weighted by molar-refractivity contribution is -0.116. The number of ketones is 1. The number of imidazole rings is 1. The fraction of sp³-hybridized carbons (Fsp3) is 0.333. The summed E-state index contributed by atoms with van der Waals surface area (Å²) in [6.45, 7) is 3.68. The Hall–Kier alpha value is -1.64. The lowest BCUT2D eigenvalue weighted by Gasteiger charge is -2.05. The molecular weight excluding hydrogens is 188 g/mol. The second kappa shape index (κ2) is 3.85. The van der Waals surface area contributed by atoms with Crippen LogP contribution < -0.4 is 0 Å². The molecule has 3 nitrogen and oxygen atoms in total. The van der Waals surface area contributed by atoms with Crippen LogP contribution in [0.2, 0.25) is 0 Å². The smallest absolute Gasteiger partial charge is 0.135 e. The zero-order valence-corrected chi connectivity index (χ0v) is 9.03. The molecule has 0 aliphatic heterocycles. The van der Waals surface area contributed by atoms with Crippen molar-refractivity contribution in [1.82, 2.24) is 9.38 Å². The van der Waals surface area contributed by atoms with E-state index in [9.17, 15) is 4.79 Å². The summed E-state index contributed by atoms with van der Waals surface area (Å²) in [5, 5.41) is 0. The molecule has 0 unspecified atom stereocenters. The van der Waals surface area contributed by atoms with E-state index < -0.39 is 0 Å². The van der Waals surface area contributed by atoms with Gasteiger partial charge < -0.3 is 4.40 Å². The molecule has 0 bridgehead atoms. The number of hydrogen-bond acceptors (Lipinski definition) is 2. The Morgan fingerprint density at radius 1 is 1.47 bits per heavy atom. The van der Waals surface area contributed by atoms with Crippen molar-refractivity contribution in [3.05, 3.63) is 35.9 Å². The van der Waals surface area contributed by atoms with Gasteiger partial charge in [0.2, 0.25) is 0 Å². The van der Waals surface area contributed by atoms with Crippen molar-refractivity contribution >= 4 is 11.3 Å². The van der Waals surface area contributed by atoms with Crippen LogP contribution in [0.1, 0.15) is 25.4 Å². The predicted molar refractivity (Wildman–Crippen MR) is 59.0 cm³/mol. The number of hydrogen-bond donors (Lipinski definition) is 0. The van der Waals surface area contributed by atoms with Crippen LogP contribution in [0.3, 0.4) is 0 Å². The minimum absolute atomic E-state index is 0.179. The molecule has 0 radical (unpaired) electrons. The van der Waals surface area contributed by atoms with Gasteiger partial charge in [0.05, 0.1) is 11.7 Å². The van der Waals surface area contributed by atoms with Crippen molar-refractivity contribution in [3.8, 4) is 0 Å². The van der Waals surface area contributed by atoms with E-state index in [1.165, 1.54) is 0 Å². The van der Waals surface area contributed by atoms with Crippen LogP contribution >= 0.6 is 0 Å². The molecule has 2 aromatic heterocycles. The molecule has 15 heavy (non-hydrogen) atoms. The summed E-state index contributed by atoms with van der Waals surface area (Å²) in [6, 6.07) is 5.96. The Kier molecular flexibility index (Phi) is 2.54. The summed E-state index contributed by atoms with van der Waals surface area (Å²) in [7, 11) is 0. The van der Waals surface area contributed by atoms with Crippen LogP contribution in [0.4, 0.5) is 0 Å². The molecule has 0 spiro atoms. The monoisotopic (exact) mass is 202 g/mol. The number of carbonyl (C=O) groups excluding carboxylic acids is 1. The Labute approximate surface area is 88.8 Å². The molecule has 2 aromatic rings. The molecule has 2 heterocycles. The van der Waals surface area contributed by atoms with Crippen LogP contribution in [0.15, 0.2) is 24.4 Å². The van der Waals surface area contributed by atoms with Gasteiger partial charge in [-0.25, -0.2) is 4.98 Å². The average molecular weight is 202 g/mol. The number of fused-ring (bicyclic) bond motifs is 1. The third kappa shape index (κ3) is 1.77. The van der Waals surface area contributed by atoms with Gasteiger partial charge in [-0.15, -0.1) is 0 Å². The Morgan fingerprint density at radius 2 is 2.27 bits per heavy atom. The maximum atomic E-state index is 11.1. The lowest BCUT2D eigenvalue weighted by Crippen LogP contribution is -2.05. The van der Waals surface area contributed by atoms with E-state index in [1.54, 1.807) is 6.92 Å². The van der Waals surface area contributed by atoms with E-state index in [0.29, 0.717) is 6.42 Å². The third-order valence-corrected chi connectivity index (χ3v) is 2.45. The second-order valence-corrected chi connectivity index (χ2v) is 3.68. The predicted octanol–water partition coefficient (Wildman–Crippen LogP) is 2.03. The van der Waals surface area contributed by atoms with E-state index in [-0.39, 0.29) is 5.78 Å². The van der Waals surface area contributed by atoms with Gasteiger partial charge in [0.25, 0.3) is 0 Å². The quantitative estimate of drug-likeness (QED) is 0.763. The first-order chi connectivity index (χ1) is 7.22. The molecule has 0 fully saturated rings. The molecule has 0 aliphatic carbocycles. The van der Waals surface area contributed by atoms with Crippen LogP contribution in [0.25, 0.3) is 5.52 Å². The van der Waals surface area contributed by atoms with Crippen molar-refractivity contribution in [1.29, 1.82) is 0 Å². The molecule has 2 rings (SSSR count). The number of carbonyl (C=O) groups is 1. The third-order valence-electron chi connectivity index (χ3n) is 2.45. The first kappa shape index (κ1) is 9.90. The lowest BCUT2D eigenvalue weighted by atomic mass is 10.2. The minimum Gasteiger partial charge on any atom is -0.300 e. The second-order valence-electron chi connectivity index (χ2n) is 3.68. The minimum atomic E-state index is 0.179. The molecule has 0 aliphatic rings. The van der Waals surface area contributed by atoms with Gasteiger partial charge in [-0.05, 0) is 19.1 Å². The Balaban J connectivity index is 2.61. The summed E-state index contributed by atoms with van der Waals surface area (Å²) in [6.07, 6.45) is 3.20. The van der Waals surface area contributed by atoms with Gasteiger partial charge in [0, 0.05) is 18.5 Å². The zero-order valence-electron chi connectivity index (χ0n) is 9.03. The van der Waals surface area contributed by atoms with E-state index in [2.05, 4.69) is 16.3 Å². The standard InChI is InChI=1S/C12H14N2O/c1-3-12-13-8-11-6-4-5-10(14(11)12)7-9(2)15/h4-6,8H,3,7H2,1-2H3. The van der Waals surface area contributed by atoms with Gasteiger partial charge in [0.1, 0.15) is 11.6 Å². The van der Waals surface area contributed by atoms with Crippen molar-refractivity contribution in [2.45, 2.75) is 26.7 Å². The van der Waals surface area contributed by atoms with Crippen molar-refractivity contribution in [2.24, 2.45) is 0 Å². The molecule has 78 valence electrons. The summed E-state index contributed by atoms with van der Waals surface area (Å²) in [5.41, 5.74) is 2.08. The highest BCUT2D eigenvalue weighted by Gasteiger charge is 2.07. The summed E-state index contributed by atoms with van der Waals surface area (Å²) < 4.78 is 2.07. The summed E-state index contributed by atoms with van der Waals surface area (Å²) in [4.78, 5) is 15.5. The fourth-order valence-electron chi connectivity index (χ4n) is 1.83. The largest absolute Gasteiger partial charge is 0.300 e. The Bertz CT molecular complexity index is 499. The molecule has 0 saturated carbocycles. The number of rotatable bonds is 3. The molecule has 0 atom stereocenters. The van der Waals surface area contributed by atoms with Gasteiger partial charge in [0.15, 0.2) is 0 Å². The molecule has 0 aromatic carbocycles. The maximum Gasteiger partial charge on any atom is 0.135 e. The molecular formula is C12H14N2O. The summed E-state index contributed by atoms with van der Waals surface area (Å²) in [5.74, 6) is 1.19. The fourth-order valence-corrected chi connectivity index (χ4v) is 1.83. The van der Waals surface area contributed by atoms with Crippen LogP contribution in [-0.4, -0.2) is 15.2 Å². The van der Waals surface area contributed by atoms with Crippen molar-refractivity contribution in [2.75, 3.05) is 0 Å². The van der Waals surface area contributed by atoms with Crippen molar-refractivity contribution in [3.63, 3.8) is 0 Å². The number of aryl methyl sites for hydroxylation is 1. The first-order valence-electron chi connectivity index (χ1n) is 5.16. The van der Waals surface area contributed by atoms with Gasteiger partial charge >= 0.3 is 0 Å². The number of pyridine rings is 1. The molecule has 0 amide bonds. The average Bonchev–Trinajstić information content (AvgIpc) is 2.61. The molecule has 0 N–H and O–H groups in total.